The maximum Gasteiger partial charge on any atom is 0.103 e. The minimum atomic E-state index is 0.497. The molecule has 0 aromatic heterocycles. The highest BCUT2D eigenvalue weighted by molar-refractivity contribution is 7.80. The van der Waals surface area contributed by atoms with Gasteiger partial charge in [0.05, 0.1) is 0 Å². The van der Waals surface area contributed by atoms with Gasteiger partial charge in [-0.2, -0.15) is 0 Å². The maximum atomic E-state index is 5.69. The van der Waals surface area contributed by atoms with Crippen molar-refractivity contribution < 1.29 is 0 Å². The molecule has 0 aliphatic heterocycles. The van der Waals surface area contributed by atoms with Crippen LogP contribution in [0.5, 0.6) is 0 Å². The van der Waals surface area contributed by atoms with Crippen LogP contribution in [0.2, 0.25) is 0 Å². The van der Waals surface area contributed by atoms with Crippen molar-refractivity contribution in [1.29, 1.82) is 0 Å². The third-order valence-corrected chi connectivity index (χ3v) is 4.09. The Morgan fingerprint density at radius 2 is 2.06 bits per heavy atom. The molecule has 1 aromatic carbocycles. The molecule has 0 atom stereocenters. The lowest BCUT2D eigenvalue weighted by Gasteiger charge is -2.22. The first-order valence-corrected chi connectivity index (χ1v) is 7.26. The second kappa shape index (κ2) is 4.98. The van der Waals surface area contributed by atoms with Crippen LogP contribution >= 0.6 is 12.2 Å². The molecule has 3 rings (SSSR count). The van der Waals surface area contributed by atoms with E-state index in [1.165, 1.54) is 37.8 Å². The Kier molecular flexibility index (Phi) is 3.35. The summed E-state index contributed by atoms with van der Waals surface area (Å²) < 4.78 is 0. The summed E-state index contributed by atoms with van der Waals surface area (Å²) in [5.41, 5.74) is 8.03. The van der Waals surface area contributed by atoms with Crippen molar-refractivity contribution in [3.05, 3.63) is 35.4 Å². The van der Waals surface area contributed by atoms with E-state index >= 15 is 0 Å². The van der Waals surface area contributed by atoms with E-state index in [0.717, 1.165) is 24.1 Å². The molecule has 1 aromatic rings. The molecule has 0 heterocycles. The molecule has 0 spiro atoms. The van der Waals surface area contributed by atoms with Crippen molar-refractivity contribution in [2.24, 2.45) is 11.7 Å². The van der Waals surface area contributed by atoms with Crippen molar-refractivity contribution >= 4 is 17.2 Å². The van der Waals surface area contributed by atoms with Crippen molar-refractivity contribution in [2.75, 3.05) is 6.54 Å². The predicted molar refractivity (Wildman–Crippen MR) is 78.5 cm³/mol. The van der Waals surface area contributed by atoms with E-state index in [9.17, 15) is 0 Å². The summed E-state index contributed by atoms with van der Waals surface area (Å²) in [6.07, 6.45) is 5.61. The van der Waals surface area contributed by atoms with Gasteiger partial charge in [-0.05, 0) is 43.2 Å². The molecule has 96 valence electrons. The highest BCUT2D eigenvalue weighted by atomic mass is 32.1. The van der Waals surface area contributed by atoms with Gasteiger partial charge in [-0.1, -0.05) is 30.4 Å². The molecule has 0 amide bonds. The van der Waals surface area contributed by atoms with Gasteiger partial charge in [0, 0.05) is 24.7 Å². The molecule has 2 aliphatic rings. The lowest BCUT2D eigenvalue weighted by molar-refractivity contribution is 0.244. The lowest BCUT2D eigenvalue weighted by Crippen LogP contribution is -2.28. The molecule has 0 unspecified atom stereocenters. The second-order valence-electron chi connectivity index (χ2n) is 5.67. The Bertz CT molecular complexity index is 450. The van der Waals surface area contributed by atoms with Crippen LogP contribution in [0.1, 0.15) is 36.8 Å². The molecule has 18 heavy (non-hydrogen) atoms. The topological polar surface area (TPSA) is 29.3 Å². The Labute approximate surface area is 114 Å². The highest BCUT2D eigenvalue weighted by Crippen LogP contribution is 2.35. The Hall–Kier alpha value is -0.930. The minimum absolute atomic E-state index is 0.497. The van der Waals surface area contributed by atoms with E-state index in [1.807, 2.05) is 6.07 Å². The van der Waals surface area contributed by atoms with Gasteiger partial charge in [0.1, 0.15) is 4.99 Å². The van der Waals surface area contributed by atoms with Crippen LogP contribution in [0, 0.1) is 5.92 Å². The fourth-order valence-electron chi connectivity index (χ4n) is 2.47. The number of hydrogen-bond acceptors (Lipinski definition) is 2. The van der Waals surface area contributed by atoms with Crippen LogP contribution in [-0.2, 0) is 6.54 Å². The normalized spacial score (nSPS) is 19.2. The SMILES string of the molecule is NC(=S)c1cccc(CN(CC2CC2)C2CC2)c1. The first-order valence-electron chi connectivity index (χ1n) is 6.85. The van der Waals surface area contributed by atoms with Crippen LogP contribution in [0.15, 0.2) is 24.3 Å². The number of rotatable bonds is 6. The van der Waals surface area contributed by atoms with Crippen molar-refractivity contribution in [3.63, 3.8) is 0 Å². The molecule has 0 radical (unpaired) electrons. The standard InChI is InChI=1S/C15H20N2S/c16-15(18)13-3-1-2-12(8-13)10-17(14-6-7-14)9-11-4-5-11/h1-3,8,11,14H,4-7,9-10H2,(H2,16,18). The van der Waals surface area contributed by atoms with Crippen LogP contribution in [0.25, 0.3) is 0 Å². The number of nitrogens with zero attached hydrogens (tertiary/aromatic N) is 1. The molecule has 3 heteroatoms. The van der Waals surface area contributed by atoms with Gasteiger partial charge >= 0.3 is 0 Å². The van der Waals surface area contributed by atoms with Gasteiger partial charge in [0.2, 0.25) is 0 Å². The molecule has 2 nitrogen and oxygen atoms in total. The summed E-state index contributed by atoms with van der Waals surface area (Å²) in [5.74, 6) is 0.962. The zero-order valence-electron chi connectivity index (χ0n) is 10.6. The summed E-state index contributed by atoms with van der Waals surface area (Å²) in [7, 11) is 0. The molecule has 0 saturated heterocycles. The van der Waals surface area contributed by atoms with Gasteiger partial charge in [-0.25, -0.2) is 0 Å². The zero-order valence-corrected chi connectivity index (χ0v) is 11.5. The summed E-state index contributed by atoms with van der Waals surface area (Å²) in [6, 6.07) is 9.22. The monoisotopic (exact) mass is 260 g/mol. The van der Waals surface area contributed by atoms with Crippen molar-refractivity contribution in [1.82, 2.24) is 4.90 Å². The number of thiocarbonyl (C=S) groups is 1. The molecular formula is C15H20N2S. The van der Waals surface area contributed by atoms with E-state index in [1.54, 1.807) is 0 Å². The largest absolute Gasteiger partial charge is 0.389 e. The van der Waals surface area contributed by atoms with Crippen molar-refractivity contribution in [3.8, 4) is 0 Å². The second-order valence-corrected chi connectivity index (χ2v) is 6.11. The van der Waals surface area contributed by atoms with E-state index in [2.05, 4.69) is 23.1 Å². The average molecular weight is 260 g/mol. The molecule has 2 fully saturated rings. The Morgan fingerprint density at radius 3 is 2.67 bits per heavy atom. The fourth-order valence-corrected chi connectivity index (χ4v) is 2.60. The van der Waals surface area contributed by atoms with Gasteiger partial charge in [-0.15, -0.1) is 0 Å². The summed E-state index contributed by atoms with van der Waals surface area (Å²) in [6.45, 7) is 2.33. The zero-order chi connectivity index (χ0) is 12.5. The van der Waals surface area contributed by atoms with Crippen LogP contribution < -0.4 is 5.73 Å². The van der Waals surface area contributed by atoms with Crippen molar-refractivity contribution in [2.45, 2.75) is 38.3 Å². The first-order chi connectivity index (χ1) is 8.72. The van der Waals surface area contributed by atoms with Gasteiger partial charge in [-0.3, -0.25) is 4.90 Å². The van der Waals surface area contributed by atoms with E-state index in [-0.39, 0.29) is 0 Å². The summed E-state index contributed by atoms with van der Waals surface area (Å²) >= 11 is 5.04. The third kappa shape index (κ3) is 3.09. The number of hydrogen-bond donors (Lipinski definition) is 1. The molecule has 2 aliphatic carbocycles. The van der Waals surface area contributed by atoms with Crippen LogP contribution in [0.3, 0.4) is 0 Å². The Balaban J connectivity index is 1.68. The van der Waals surface area contributed by atoms with E-state index < -0.39 is 0 Å². The van der Waals surface area contributed by atoms with Gasteiger partial charge < -0.3 is 5.73 Å². The van der Waals surface area contributed by atoms with Gasteiger partial charge in [0.15, 0.2) is 0 Å². The minimum Gasteiger partial charge on any atom is -0.389 e. The van der Waals surface area contributed by atoms with Crippen LogP contribution in [-0.4, -0.2) is 22.5 Å². The smallest absolute Gasteiger partial charge is 0.103 e. The first kappa shape index (κ1) is 12.1. The predicted octanol–water partition coefficient (Wildman–Crippen LogP) is 2.70. The molecule has 2 N–H and O–H groups in total. The van der Waals surface area contributed by atoms with E-state index in [4.69, 9.17) is 18.0 Å². The average Bonchev–Trinajstić information content (AvgIpc) is 3.22. The third-order valence-electron chi connectivity index (χ3n) is 3.85. The molecular weight excluding hydrogens is 240 g/mol. The van der Waals surface area contributed by atoms with Gasteiger partial charge in [0.25, 0.3) is 0 Å². The molecule has 0 bridgehead atoms. The molecule has 2 saturated carbocycles. The quantitative estimate of drug-likeness (QED) is 0.797. The maximum absolute atomic E-state index is 5.69. The van der Waals surface area contributed by atoms with Crippen LogP contribution in [0.4, 0.5) is 0 Å². The number of benzene rings is 1. The summed E-state index contributed by atoms with van der Waals surface area (Å²) in [4.78, 5) is 3.15. The lowest BCUT2D eigenvalue weighted by atomic mass is 10.1. The van der Waals surface area contributed by atoms with E-state index in [0.29, 0.717) is 4.99 Å². The fraction of sp³-hybridized carbons (Fsp3) is 0.533. The number of nitrogens with two attached hydrogens (primary N) is 1. The Morgan fingerprint density at radius 1 is 1.28 bits per heavy atom. The summed E-state index contributed by atoms with van der Waals surface area (Å²) in [5, 5.41) is 0. The highest BCUT2D eigenvalue weighted by Gasteiger charge is 2.33.